The molecule has 0 unspecified atom stereocenters. The lowest BCUT2D eigenvalue weighted by atomic mass is 10.9. The van der Waals surface area contributed by atoms with Crippen LogP contribution in [0.4, 0.5) is 4.79 Å². The second-order valence-electron chi connectivity index (χ2n) is 2.45. The van der Waals surface area contributed by atoms with Gasteiger partial charge in [-0.1, -0.05) is 20.8 Å². The first kappa shape index (κ1) is 16.5. The van der Waals surface area contributed by atoms with E-state index in [0.717, 1.165) is 0 Å². The van der Waals surface area contributed by atoms with E-state index in [1.165, 1.54) is 18.5 Å². The molecule has 0 aromatic carbocycles. The summed E-state index contributed by atoms with van der Waals surface area (Å²) in [6.07, 6.45) is 4.26. The van der Waals surface area contributed by atoms with Gasteiger partial charge < -0.3 is 14.9 Å². The summed E-state index contributed by atoms with van der Waals surface area (Å²) < 4.78 is 9.43. The average Bonchev–Trinajstić information content (AvgIpc) is 2.07. The highest BCUT2D eigenvalue weighted by atomic mass is 31.2. The summed E-state index contributed by atoms with van der Waals surface area (Å²) in [4.78, 5) is 24.5. The minimum absolute atomic E-state index is 0.446. The highest BCUT2D eigenvalue weighted by Crippen LogP contribution is 2.34. The molecule has 14 heavy (non-hydrogen) atoms. The van der Waals surface area contributed by atoms with Gasteiger partial charge >= 0.3 is 13.3 Å². The van der Waals surface area contributed by atoms with Crippen LogP contribution >= 0.6 is 15.5 Å². The van der Waals surface area contributed by atoms with Gasteiger partial charge in [0.25, 0.3) is 0 Å². The van der Waals surface area contributed by atoms with Crippen LogP contribution in [0.5, 0.6) is 0 Å². The van der Waals surface area contributed by atoms with Gasteiger partial charge in [-0.3, -0.25) is 0 Å². The Morgan fingerprint density at radius 2 is 1.36 bits per heavy atom. The van der Waals surface area contributed by atoms with Crippen LogP contribution in [0.3, 0.4) is 0 Å². The molecule has 0 amide bonds. The number of carbonyl (C=O) groups is 1. The number of hydrogen-bond donors (Lipinski definition) is 3. The Morgan fingerprint density at radius 3 is 1.36 bits per heavy atom. The molecule has 0 saturated heterocycles. The summed E-state index contributed by atoms with van der Waals surface area (Å²) in [5.74, 6) is 0. The lowest BCUT2D eigenvalue weighted by molar-refractivity contribution is 0.208. The standard InChI is InChI=1S/C6H15P.CH3O5P/c1-4-7(5-2)6-3;2-1(3)7(4,5)6/h4-6H2,1-3H3;(H,2,3)(H2,4,5,6). The zero-order valence-corrected chi connectivity index (χ0v) is 10.5. The summed E-state index contributed by atoms with van der Waals surface area (Å²) >= 11 is 0. The van der Waals surface area contributed by atoms with E-state index < -0.39 is 13.3 Å². The SMILES string of the molecule is CCP(CC)CC.O=C(O)P(=O)(O)O. The summed E-state index contributed by atoms with van der Waals surface area (Å²) in [5.41, 5.74) is -2.09. The molecule has 0 rings (SSSR count). The summed E-state index contributed by atoms with van der Waals surface area (Å²) in [7, 11) is -4.37. The molecule has 0 aliphatic heterocycles. The maximum Gasteiger partial charge on any atom is 0.433 e. The number of carboxylic acid groups (broad SMARTS) is 1. The van der Waals surface area contributed by atoms with Crippen molar-refractivity contribution in [2.75, 3.05) is 18.5 Å². The van der Waals surface area contributed by atoms with Crippen LogP contribution in [0.1, 0.15) is 20.8 Å². The first-order valence-corrected chi connectivity index (χ1v) is 7.81. The van der Waals surface area contributed by atoms with Gasteiger partial charge in [0, 0.05) is 0 Å². The quantitative estimate of drug-likeness (QED) is 0.660. The fourth-order valence-corrected chi connectivity index (χ4v) is 2.01. The molecule has 0 fully saturated rings. The predicted molar refractivity (Wildman–Crippen MR) is 58.6 cm³/mol. The van der Waals surface area contributed by atoms with E-state index in [0.29, 0.717) is 7.92 Å². The van der Waals surface area contributed by atoms with Gasteiger partial charge in [-0.25, -0.2) is 9.36 Å². The Labute approximate surface area is 85.4 Å². The fraction of sp³-hybridized carbons (Fsp3) is 0.857. The summed E-state index contributed by atoms with van der Waals surface area (Å²) in [6.45, 7) is 6.87. The third-order valence-corrected chi connectivity index (χ3v) is 4.77. The minimum Gasteiger partial charge on any atom is -0.472 e. The van der Waals surface area contributed by atoms with Crippen molar-refractivity contribution >= 4 is 21.2 Å². The highest BCUT2D eigenvalue weighted by molar-refractivity contribution is 7.69. The van der Waals surface area contributed by atoms with Gasteiger partial charge in [-0.05, 0) is 18.5 Å². The molecule has 0 radical (unpaired) electrons. The van der Waals surface area contributed by atoms with Crippen LogP contribution in [0.15, 0.2) is 0 Å². The van der Waals surface area contributed by atoms with Crippen LogP contribution in [-0.4, -0.2) is 39.1 Å². The first-order valence-electron chi connectivity index (χ1n) is 4.30. The Morgan fingerprint density at radius 1 is 1.14 bits per heavy atom. The van der Waals surface area contributed by atoms with Crippen LogP contribution in [0, 0.1) is 0 Å². The molecule has 0 saturated carbocycles. The maximum absolute atomic E-state index is 9.43. The molecule has 0 heterocycles. The Kier molecular flexibility index (Phi) is 9.85. The van der Waals surface area contributed by atoms with E-state index >= 15 is 0 Å². The van der Waals surface area contributed by atoms with Crippen LogP contribution < -0.4 is 0 Å². The zero-order valence-electron chi connectivity index (χ0n) is 8.67. The van der Waals surface area contributed by atoms with Crippen molar-refractivity contribution in [3.63, 3.8) is 0 Å². The molecule has 0 aromatic rings. The molecule has 0 aliphatic rings. The molecule has 5 nitrogen and oxygen atoms in total. The van der Waals surface area contributed by atoms with Gasteiger partial charge in [-0.2, -0.15) is 0 Å². The van der Waals surface area contributed by atoms with E-state index in [9.17, 15) is 9.36 Å². The largest absolute Gasteiger partial charge is 0.472 e. The van der Waals surface area contributed by atoms with Gasteiger partial charge in [0.1, 0.15) is 0 Å². The molecule has 0 aliphatic carbocycles. The minimum atomic E-state index is -4.82. The lowest BCUT2D eigenvalue weighted by Gasteiger charge is -2.07. The van der Waals surface area contributed by atoms with Crippen molar-refractivity contribution in [3.8, 4) is 0 Å². The van der Waals surface area contributed by atoms with E-state index in [-0.39, 0.29) is 0 Å². The molecule has 0 bridgehead atoms. The normalized spacial score (nSPS) is 10.7. The summed E-state index contributed by atoms with van der Waals surface area (Å²) in [6, 6.07) is 0. The molecule has 0 aromatic heterocycles. The molecule has 7 heteroatoms. The Hall–Kier alpha value is 0.0500. The van der Waals surface area contributed by atoms with Gasteiger partial charge in [0.2, 0.25) is 0 Å². The lowest BCUT2D eigenvalue weighted by Crippen LogP contribution is -1.90. The van der Waals surface area contributed by atoms with Crippen molar-refractivity contribution in [1.29, 1.82) is 0 Å². The van der Waals surface area contributed by atoms with E-state index in [1.807, 2.05) is 0 Å². The number of rotatable bonds is 4. The van der Waals surface area contributed by atoms with Gasteiger partial charge in [0.05, 0.1) is 0 Å². The molecule has 0 spiro atoms. The summed E-state index contributed by atoms with van der Waals surface area (Å²) in [5, 5.41) is 7.49. The maximum atomic E-state index is 9.43. The third-order valence-electron chi connectivity index (χ3n) is 1.59. The van der Waals surface area contributed by atoms with Gasteiger partial charge in [0.15, 0.2) is 0 Å². The smallest absolute Gasteiger partial charge is 0.433 e. The van der Waals surface area contributed by atoms with E-state index in [1.54, 1.807) is 0 Å². The van der Waals surface area contributed by atoms with Crippen LogP contribution in [-0.2, 0) is 4.57 Å². The van der Waals surface area contributed by atoms with Crippen molar-refractivity contribution in [3.05, 3.63) is 0 Å². The van der Waals surface area contributed by atoms with Crippen molar-refractivity contribution in [2.24, 2.45) is 0 Å². The fourth-order valence-electron chi connectivity index (χ4n) is 0.671. The first-order chi connectivity index (χ1) is 6.29. The van der Waals surface area contributed by atoms with Crippen molar-refractivity contribution in [1.82, 2.24) is 0 Å². The van der Waals surface area contributed by atoms with Gasteiger partial charge in [-0.15, -0.1) is 7.92 Å². The second-order valence-corrected chi connectivity index (χ2v) is 7.16. The van der Waals surface area contributed by atoms with Crippen LogP contribution in [0.25, 0.3) is 0 Å². The monoisotopic (exact) mass is 244 g/mol. The molecule has 0 atom stereocenters. The molecular weight excluding hydrogens is 226 g/mol. The zero-order chi connectivity index (χ0) is 11.8. The topological polar surface area (TPSA) is 94.8 Å². The van der Waals surface area contributed by atoms with E-state index in [4.69, 9.17) is 14.9 Å². The molecular formula is C7H18O5P2. The second kappa shape index (κ2) is 8.37. The molecule has 3 N–H and O–H groups in total. The predicted octanol–water partition coefficient (Wildman–Crippen LogP) is 2.37. The third kappa shape index (κ3) is 10.1. The average molecular weight is 244 g/mol. The Balaban J connectivity index is 0. The molecule has 86 valence electrons. The highest BCUT2D eigenvalue weighted by Gasteiger charge is 2.23. The van der Waals surface area contributed by atoms with Crippen molar-refractivity contribution in [2.45, 2.75) is 20.8 Å². The van der Waals surface area contributed by atoms with Crippen LogP contribution in [0.2, 0.25) is 0 Å². The number of hydrogen-bond acceptors (Lipinski definition) is 2. The van der Waals surface area contributed by atoms with E-state index in [2.05, 4.69) is 20.8 Å². The van der Waals surface area contributed by atoms with Crippen molar-refractivity contribution < 1.29 is 24.3 Å². The Bertz CT molecular complexity index is 191.